The number of hydrogen-bond acceptors (Lipinski definition) is 1. The fourth-order valence-electron chi connectivity index (χ4n) is 13.2. The number of anilines is 3. The van der Waals surface area contributed by atoms with E-state index in [9.17, 15) is 0 Å². The number of rotatable bonds is 6. The van der Waals surface area contributed by atoms with Crippen molar-refractivity contribution >= 4 is 38.9 Å². The Labute approximate surface area is 420 Å². The molecule has 338 valence electrons. The van der Waals surface area contributed by atoms with E-state index in [1.807, 2.05) is 0 Å². The molecular weight excluding hydrogens is 869 g/mol. The minimum absolute atomic E-state index is 0.216. The molecule has 1 aromatic heterocycles. The topological polar surface area (TPSA) is 8.17 Å². The summed E-state index contributed by atoms with van der Waals surface area (Å²) in [4.78, 5) is 2.49. The molecule has 1 aliphatic heterocycles. The Bertz CT molecular complexity index is 4190. The number of fused-ring (bicyclic) bond motifs is 15. The van der Waals surface area contributed by atoms with Gasteiger partial charge in [-0.15, -0.1) is 0 Å². The van der Waals surface area contributed by atoms with Crippen LogP contribution in [0.15, 0.2) is 255 Å². The predicted octanol–water partition coefficient (Wildman–Crippen LogP) is 18.2. The second-order valence-corrected chi connectivity index (χ2v) is 20.4. The minimum Gasteiger partial charge on any atom is -0.310 e. The van der Waals surface area contributed by atoms with Crippen LogP contribution in [0, 0.1) is 0 Å². The summed E-state index contributed by atoms with van der Waals surface area (Å²) in [6.07, 6.45) is 0. The molecule has 2 heteroatoms. The highest BCUT2D eigenvalue weighted by molar-refractivity contribution is 6.13. The van der Waals surface area contributed by atoms with Gasteiger partial charge in [0.15, 0.2) is 0 Å². The third kappa shape index (κ3) is 5.61. The molecule has 0 N–H and O–H groups in total. The van der Waals surface area contributed by atoms with Crippen molar-refractivity contribution in [3.63, 3.8) is 0 Å². The molecule has 2 aliphatic carbocycles. The van der Waals surface area contributed by atoms with E-state index in [4.69, 9.17) is 0 Å². The molecule has 1 unspecified atom stereocenters. The maximum Gasteiger partial charge on any atom is 0.0754 e. The molecule has 2 heterocycles. The van der Waals surface area contributed by atoms with Crippen LogP contribution in [-0.2, 0) is 10.8 Å². The summed E-state index contributed by atoms with van der Waals surface area (Å²) in [5.74, 6) is 0. The molecule has 11 aromatic carbocycles. The molecule has 0 saturated carbocycles. The first-order chi connectivity index (χ1) is 35.5. The Morgan fingerprint density at radius 2 is 0.847 bits per heavy atom. The van der Waals surface area contributed by atoms with Crippen molar-refractivity contribution in [2.45, 2.75) is 24.7 Å². The molecule has 0 bridgehead atoms. The predicted molar refractivity (Wildman–Crippen MR) is 300 cm³/mol. The Morgan fingerprint density at radius 1 is 0.319 bits per heavy atom. The van der Waals surface area contributed by atoms with Crippen molar-refractivity contribution in [1.29, 1.82) is 0 Å². The number of nitrogens with zero attached hydrogens (tertiary/aromatic N) is 2. The zero-order valence-electron chi connectivity index (χ0n) is 40.1. The molecule has 2 nitrogen and oxygen atoms in total. The molecule has 12 aromatic rings. The van der Waals surface area contributed by atoms with Crippen LogP contribution in [0.2, 0.25) is 0 Å². The molecule has 0 amide bonds. The lowest BCUT2D eigenvalue weighted by Gasteiger charge is -2.39. The van der Waals surface area contributed by atoms with Crippen molar-refractivity contribution in [1.82, 2.24) is 4.57 Å². The van der Waals surface area contributed by atoms with Gasteiger partial charge in [-0.2, -0.15) is 0 Å². The summed E-state index contributed by atoms with van der Waals surface area (Å²) in [6.45, 7) is 4.78. The van der Waals surface area contributed by atoms with Gasteiger partial charge in [-0.25, -0.2) is 0 Å². The van der Waals surface area contributed by atoms with E-state index in [2.05, 4.69) is 278 Å². The standard InChI is InChI=1S/C70H48N2/c1-69(2)62-42-48(45-19-5-3-6-20-45)35-38-54(62)55-40-37-51(44-63(55)69)71(65-32-14-10-25-52(65)46-21-7-4-8-22-46)50-24-17-23-47(41-50)49-36-39-56-53-26-9-12-29-59(53)70(64(56)43-49)60-30-13-16-34-67(60)72-66-33-15-11-27-57(66)58-28-18-31-61(70)68(58)72/h3-44H,1-2H3. The van der Waals surface area contributed by atoms with Crippen molar-refractivity contribution in [3.8, 4) is 61.3 Å². The second kappa shape index (κ2) is 15.3. The Hall–Kier alpha value is -8.98. The Kier molecular flexibility index (Phi) is 8.66. The zero-order chi connectivity index (χ0) is 47.7. The summed E-state index contributed by atoms with van der Waals surface area (Å²) >= 11 is 0. The average Bonchev–Trinajstić information content (AvgIpc) is 4.03. The van der Waals surface area contributed by atoms with Crippen LogP contribution < -0.4 is 4.90 Å². The van der Waals surface area contributed by atoms with E-state index in [1.54, 1.807) is 0 Å². The summed E-state index contributed by atoms with van der Waals surface area (Å²) in [6, 6.07) is 95.3. The van der Waals surface area contributed by atoms with Gasteiger partial charge in [-0.1, -0.05) is 214 Å². The van der Waals surface area contributed by atoms with Gasteiger partial charge in [-0.05, 0) is 138 Å². The Balaban J connectivity index is 0.921. The monoisotopic (exact) mass is 916 g/mol. The van der Waals surface area contributed by atoms with Crippen LogP contribution in [0.4, 0.5) is 17.1 Å². The van der Waals surface area contributed by atoms with Gasteiger partial charge in [0.25, 0.3) is 0 Å². The molecule has 0 fully saturated rings. The van der Waals surface area contributed by atoms with Crippen molar-refractivity contribution in [2.24, 2.45) is 0 Å². The molecule has 1 spiro atoms. The Morgan fingerprint density at radius 3 is 1.67 bits per heavy atom. The van der Waals surface area contributed by atoms with E-state index in [0.29, 0.717) is 0 Å². The lowest BCUT2D eigenvalue weighted by Crippen LogP contribution is -2.33. The highest BCUT2D eigenvalue weighted by Gasteiger charge is 2.51. The van der Waals surface area contributed by atoms with Crippen LogP contribution in [0.1, 0.15) is 47.2 Å². The van der Waals surface area contributed by atoms with Gasteiger partial charge >= 0.3 is 0 Å². The quantitative estimate of drug-likeness (QED) is 0.161. The maximum atomic E-state index is 2.52. The van der Waals surface area contributed by atoms with E-state index < -0.39 is 5.41 Å². The first-order valence-corrected chi connectivity index (χ1v) is 25.3. The van der Waals surface area contributed by atoms with Crippen LogP contribution in [0.5, 0.6) is 0 Å². The lowest BCUT2D eigenvalue weighted by atomic mass is 9.65. The first kappa shape index (κ1) is 40.9. The molecule has 15 rings (SSSR count). The fourth-order valence-corrected chi connectivity index (χ4v) is 13.2. The summed E-state index contributed by atoms with van der Waals surface area (Å²) in [7, 11) is 0. The van der Waals surface area contributed by atoms with Crippen molar-refractivity contribution in [2.75, 3.05) is 4.90 Å². The van der Waals surface area contributed by atoms with Gasteiger partial charge in [0, 0.05) is 33.1 Å². The summed E-state index contributed by atoms with van der Waals surface area (Å²) < 4.78 is 2.52. The van der Waals surface area contributed by atoms with Crippen LogP contribution in [-0.4, -0.2) is 4.57 Å². The van der Waals surface area contributed by atoms with Gasteiger partial charge in [0.05, 0.1) is 27.8 Å². The summed E-state index contributed by atoms with van der Waals surface area (Å²) in [5.41, 5.74) is 26.8. The zero-order valence-corrected chi connectivity index (χ0v) is 40.1. The van der Waals surface area contributed by atoms with E-state index in [-0.39, 0.29) is 5.41 Å². The lowest BCUT2D eigenvalue weighted by molar-refractivity contribution is 0.660. The summed E-state index contributed by atoms with van der Waals surface area (Å²) in [5, 5.41) is 2.57. The van der Waals surface area contributed by atoms with Gasteiger partial charge in [0.1, 0.15) is 0 Å². The highest BCUT2D eigenvalue weighted by atomic mass is 15.1. The number of para-hydroxylation sites is 4. The molecule has 3 aliphatic rings. The third-order valence-corrected chi connectivity index (χ3v) is 16.4. The van der Waals surface area contributed by atoms with Crippen molar-refractivity contribution in [3.05, 3.63) is 288 Å². The number of aromatic nitrogens is 1. The van der Waals surface area contributed by atoms with Gasteiger partial charge in [-0.3, -0.25) is 0 Å². The fraction of sp³-hybridized carbons (Fsp3) is 0.0571. The normalized spacial score (nSPS) is 15.2. The van der Waals surface area contributed by atoms with E-state index in [0.717, 1.165) is 17.1 Å². The van der Waals surface area contributed by atoms with E-state index >= 15 is 0 Å². The van der Waals surface area contributed by atoms with Crippen LogP contribution in [0.25, 0.3) is 83.1 Å². The molecular formula is C70H48N2. The number of hydrogen-bond donors (Lipinski definition) is 0. The average molecular weight is 917 g/mol. The van der Waals surface area contributed by atoms with Gasteiger partial charge in [0.2, 0.25) is 0 Å². The van der Waals surface area contributed by atoms with Crippen LogP contribution in [0.3, 0.4) is 0 Å². The molecule has 0 saturated heterocycles. The highest BCUT2D eigenvalue weighted by Crippen LogP contribution is 2.62. The first-order valence-electron chi connectivity index (χ1n) is 25.3. The molecule has 0 radical (unpaired) electrons. The molecule has 1 atom stereocenters. The SMILES string of the molecule is CC1(C)c2cc(-c3ccccc3)ccc2-c2ccc(N(c3cccc(-c4ccc5c(c4)C4(c6ccccc6-5)c5ccccc5-n5c6ccccc6c6cccc4c65)c3)c3ccccc3-c3ccccc3)cc21. The van der Waals surface area contributed by atoms with E-state index in [1.165, 1.54) is 117 Å². The van der Waals surface area contributed by atoms with Gasteiger partial charge < -0.3 is 9.47 Å². The van der Waals surface area contributed by atoms with Crippen molar-refractivity contribution < 1.29 is 0 Å². The second-order valence-electron chi connectivity index (χ2n) is 20.4. The minimum atomic E-state index is -0.530. The van der Waals surface area contributed by atoms with Crippen LogP contribution >= 0.6 is 0 Å². The largest absolute Gasteiger partial charge is 0.310 e. The maximum absolute atomic E-state index is 2.52. The number of benzene rings is 11. The molecule has 72 heavy (non-hydrogen) atoms. The smallest absolute Gasteiger partial charge is 0.0754 e. The third-order valence-electron chi connectivity index (χ3n) is 16.4.